The van der Waals surface area contributed by atoms with Crippen LogP contribution in [0.4, 0.5) is 11.5 Å². The zero-order valence-corrected chi connectivity index (χ0v) is 20.1. The Morgan fingerprint density at radius 1 is 0.800 bits per heavy atom. The fourth-order valence-corrected chi connectivity index (χ4v) is 4.79. The number of rotatable bonds is 4. The van der Waals surface area contributed by atoms with Crippen LogP contribution < -0.4 is 9.80 Å². The number of pyridine rings is 1. The van der Waals surface area contributed by atoms with E-state index in [9.17, 15) is 0 Å². The molecule has 0 aliphatic carbocycles. The molecule has 0 saturated carbocycles. The standard InChI is InChI=1S/C28H24ClN5O/c1-19-10-12-20(13-11-19)27-31-28(35-32-27)22-18-26(30-24-8-4-2-6-21(22)24)34-16-14-33(15-17-34)25-9-5-3-7-23(25)29/h2-13,18H,14-17H2,1H3. The monoisotopic (exact) mass is 481 g/mol. The Morgan fingerprint density at radius 2 is 1.51 bits per heavy atom. The molecular formula is C28H24ClN5O. The van der Waals surface area contributed by atoms with Gasteiger partial charge in [-0.15, -0.1) is 0 Å². The van der Waals surface area contributed by atoms with Crippen molar-refractivity contribution in [1.82, 2.24) is 15.1 Å². The third-order valence-electron chi connectivity index (χ3n) is 6.47. The van der Waals surface area contributed by atoms with E-state index in [1.165, 1.54) is 5.56 Å². The van der Waals surface area contributed by atoms with Gasteiger partial charge >= 0.3 is 0 Å². The molecule has 1 saturated heterocycles. The van der Waals surface area contributed by atoms with Crippen LogP contribution in [0.1, 0.15) is 5.56 Å². The van der Waals surface area contributed by atoms with Crippen LogP contribution in [0, 0.1) is 6.92 Å². The Hall–Kier alpha value is -3.90. The van der Waals surface area contributed by atoms with E-state index in [0.717, 1.165) is 64.7 Å². The van der Waals surface area contributed by atoms with Crippen LogP contribution in [0.5, 0.6) is 0 Å². The van der Waals surface area contributed by atoms with Gasteiger partial charge in [0, 0.05) is 37.1 Å². The van der Waals surface area contributed by atoms with Crippen LogP contribution in [0.25, 0.3) is 33.7 Å². The number of nitrogens with zero attached hydrogens (tertiary/aromatic N) is 5. The van der Waals surface area contributed by atoms with Crippen LogP contribution in [-0.4, -0.2) is 41.3 Å². The van der Waals surface area contributed by atoms with Gasteiger partial charge < -0.3 is 14.3 Å². The lowest BCUT2D eigenvalue weighted by Gasteiger charge is -2.37. The molecule has 0 unspecified atom stereocenters. The summed E-state index contributed by atoms with van der Waals surface area (Å²) in [6.45, 7) is 5.48. The predicted molar refractivity (Wildman–Crippen MR) is 141 cm³/mol. The number of piperazine rings is 1. The van der Waals surface area contributed by atoms with Crippen molar-refractivity contribution in [2.45, 2.75) is 6.92 Å². The van der Waals surface area contributed by atoms with Crippen LogP contribution in [0.3, 0.4) is 0 Å². The zero-order chi connectivity index (χ0) is 23.8. The summed E-state index contributed by atoms with van der Waals surface area (Å²) >= 11 is 6.43. The average Bonchev–Trinajstić information content (AvgIpc) is 3.39. The maximum Gasteiger partial charge on any atom is 0.259 e. The maximum absolute atomic E-state index is 6.43. The highest BCUT2D eigenvalue weighted by atomic mass is 35.5. The van der Waals surface area contributed by atoms with Gasteiger partial charge in [0.05, 0.1) is 21.8 Å². The molecule has 2 aromatic heterocycles. The van der Waals surface area contributed by atoms with Crippen molar-refractivity contribution in [3.8, 4) is 22.8 Å². The van der Waals surface area contributed by atoms with E-state index in [4.69, 9.17) is 26.1 Å². The fraction of sp³-hybridized carbons (Fsp3) is 0.179. The van der Waals surface area contributed by atoms with E-state index < -0.39 is 0 Å². The molecular weight excluding hydrogens is 458 g/mol. The molecule has 5 aromatic rings. The molecule has 3 aromatic carbocycles. The number of halogens is 1. The van der Waals surface area contributed by atoms with Crippen molar-refractivity contribution >= 4 is 34.0 Å². The third-order valence-corrected chi connectivity index (χ3v) is 6.79. The minimum absolute atomic E-state index is 0.495. The summed E-state index contributed by atoms with van der Waals surface area (Å²) in [7, 11) is 0. The van der Waals surface area contributed by atoms with Crippen molar-refractivity contribution in [3.05, 3.63) is 89.4 Å². The largest absolute Gasteiger partial charge is 0.367 e. The second kappa shape index (κ2) is 9.04. The number of hydrogen-bond acceptors (Lipinski definition) is 6. The summed E-state index contributed by atoms with van der Waals surface area (Å²) in [5, 5.41) is 6.03. The van der Waals surface area contributed by atoms with Gasteiger partial charge in [-0.2, -0.15) is 4.98 Å². The highest BCUT2D eigenvalue weighted by molar-refractivity contribution is 6.33. The normalized spacial score (nSPS) is 14.0. The second-order valence-electron chi connectivity index (χ2n) is 8.76. The van der Waals surface area contributed by atoms with Crippen molar-refractivity contribution in [2.75, 3.05) is 36.0 Å². The predicted octanol–water partition coefficient (Wildman–Crippen LogP) is 6.24. The number of fused-ring (bicyclic) bond motifs is 1. The molecule has 3 heterocycles. The molecule has 1 aliphatic rings. The number of anilines is 2. The lowest BCUT2D eigenvalue weighted by molar-refractivity contribution is 0.432. The molecule has 7 heteroatoms. The van der Waals surface area contributed by atoms with E-state index in [-0.39, 0.29) is 0 Å². The van der Waals surface area contributed by atoms with E-state index in [1.54, 1.807) is 0 Å². The van der Waals surface area contributed by atoms with Gasteiger partial charge in [0.15, 0.2) is 0 Å². The van der Waals surface area contributed by atoms with Crippen molar-refractivity contribution in [2.24, 2.45) is 0 Å². The van der Waals surface area contributed by atoms with Crippen molar-refractivity contribution in [3.63, 3.8) is 0 Å². The van der Waals surface area contributed by atoms with Gasteiger partial charge in [-0.3, -0.25) is 0 Å². The SMILES string of the molecule is Cc1ccc(-c2noc(-c3cc(N4CCN(c5ccccc5Cl)CC4)nc4ccccc34)n2)cc1. The van der Waals surface area contributed by atoms with Gasteiger partial charge in [0.1, 0.15) is 5.82 Å². The third kappa shape index (κ3) is 4.21. The van der Waals surface area contributed by atoms with Crippen molar-refractivity contribution < 1.29 is 4.52 Å². The summed E-state index contributed by atoms with van der Waals surface area (Å²) in [4.78, 5) is 14.3. The Bertz CT molecular complexity index is 1490. The molecule has 0 atom stereocenters. The lowest BCUT2D eigenvalue weighted by atomic mass is 10.1. The topological polar surface area (TPSA) is 58.3 Å². The van der Waals surface area contributed by atoms with Gasteiger partial charge in [0.2, 0.25) is 5.82 Å². The highest BCUT2D eigenvalue weighted by Gasteiger charge is 2.22. The molecule has 1 fully saturated rings. The van der Waals surface area contributed by atoms with Gasteiger partial charge in [-0.25, -0.2) is 4.98 Å². The minimum atomic E-state index is 0.495. The summed E-state index contributed by atoms with van der Waals surface area (Å²) in [5.41, 5.74) is 5.00. The minimum Gasteiger partial charge on any atom is -0.367 e. The van der Waals surface area contributed by atoms with E-state index in [2.05, 4.69) is 34.0 Å². The van der Waals surface area contributed by atoms with E-state index in [0.29, 0.717) is 11.7 Å². The Labute approximate surface area is 208 Å². The zero-order valence-electron chi connectivity index (χ0n) is 19.4. The average molecular weight is 482 g/mol. The molecule has 35 heavy (non-hydrogen) atoms. The first-order chi connectivity index (χ1) is 17.2. The first-order valence-electron chi connectivity index (χ1n) is 11.7. The molecule has 6 nitrogen and oxygen atoms in total. The molecule has 0 N–H and O–H groups in total. The smallest absolute Gasteiger partial charge is 0.259 e. The first kappa shape index (κ1) is 21.6. The molecule has 174 valence electrons. The Balaban J connectivity index is 1.32. The van der Waals surface area contributed by atoms with E-state index in [1.807, 2.05) is 66.7 Å². The second-order valence-corrected chi connectivity index (χ2v) is 9.17. The summed E-state index contributed by atoms with van der Waals surface area (Å²) in [6, 6.07) is 26.3. The molecule has 0 bridgehead atoms. The molecule has 0 spiro atoms. The highest BCUT2D eigenvalue weighted by Crippen LogP contribution is 2.33. The maximum atomic E-state index is 6.43. The Kier molecular flexibility index (Phi) is 5.58. The van der Waals surface area contributed by atoms with Crippen LogP contribution >= 0.6 is 11.6 Å². The summed E-state index contributed by atoms with van der Waals surface area (Å²) in [6.07, 6.45) is 0. The van der Waals surface area contributed by atoms with Crippen LogP contribution in [0.15, 0.2) is 83.4 Å². The number of para-hydroxylation sites is 2. The van der Waals surface area contributed by atoms with Crippen molar-refractivity contribution in [1.29, 1.82) is 0 Å². The number of hydrogen-bond donors (Lipinski definition) is 0. The fourth-order valence-electron chi connectivity index (χ4n) is 4.54. The van der Waals surface area contributed by atoms with Gasteiger partial charge in [-0.1, -0.05) is 76.9 Å². The van der Waals surface area contributed by atoms with Crippen LogP contribution in [-0.2, 0) is 0 Å². The summed E-state index contributed by atoms with van der Waals surface area (Å²) in [5.74, 6) is 1.98. The summed E-state index contributed by atoms with van der Waals surface area (Å²) < 4.78 is 5.74. The Morgan fingerprint density at radius 3 is 2.31 bits per heavy atom. The lowest BCUT2D eigenvalue weighted by Crippen LogP contribution is -2.47. The molecule has 0 radical (unpaired) electrons. The molecule has 0 amide bonds. The number of aryl methyl sites for hydroxylation is 1. The van der Waals surface area contributed by atoms with Gasteiger partial charge in [-0.05, 0) is 31.2 Å². The van der Waals surface area contributed by atoms with E-state index >= 15 is 0 Å². The van der Waals surface area contributed by atoms with Crippen LogP contribution in [0.2, 0.25) is 5.02 Å². The first-order valence-corrected chi connectivity index (χ1v) is 12.1. The quantitative estimate of drug-likeness (QED) is 0.303. The molecule has 6 rings (SSSR count). The number of benzene rings is 3. The molecule has 1 aliphatic heterocycles. The number of aromatic nitrogens is 3. The van der Waals surface area contributed by atoms with Gasteiger partial charge in [0.25, 0.3) is 5.89 Å².